The van der Waals surface area contributed by atoms with Crippen molar-refractivity contribution < 1.29 is 14.2 Å². The first kappa shape index (κ1) is 26.0. The number of nitrogens with zero attached hydrogens (tertiary/aromatic N) is 1. The number of ether oxygens (including phenoxy) is 3. The summed E-state index contributed by atoms with van der Waals surface area (Å²) < 4.78 is 16.8. The van der Waals surface area contributed by atoms with Crippen LogP contribution in [0, 0.1) is 5.92 Å². The molecule has 6 nitrogen and oxygen atoms in total. The van der Waals surface area contributed by atoms with Crippen LogP contribution in [0.25, 0.3) is 0 Å². The molecule has 0 saturated carbocycles. The number of rotatable bonds is 11. The molecule has 0 bridgehead atoms. The molecule has 0 aliphatic rings. The highest BCUT2D eigenvalue weighted by Gasteiger charge is 2.07. The van der Waals surface area contributed by atoms with Crippen LogP contribution < -0.4 is 20.1 Å². The van der Waals surface area contributed by atoms with E-state index in [9.17, 15) is 0 Å². The van der Waals surface area contributed by atoms with Crippen LogP contribution in [0.2, 0.25) is 0 Å². The molecule has 0 radical (unpaired) electrons. The molecule has 0 spiro atoms. The number of methoxy groups -OCH3 is 1. The van der Waals surface area contributed by atoms with Gasteiger partial charge in [-0.25, -0.2) is 0 Å². The van der Waals surface area contributed by atoms with Crippen molar-refractivity contribution in [3.63, 3.8) is 0 Å². The van der Waals surface area contributed by atoms with Crippen molar-refractivity contribution in [2.75, 3.05) is 33.9 Å². The predicted molar refractivity (Wildman–Crippen MR) is 133 cm³/mol. The van der Waals surface area contributed by atoms with Crippen molar-refractivity contribution in [3.05, 3.63) is 59.7 Å². The Morgan fingerprint density at radius 2 is 1.80 bits per heavy atom. The number of hydrogen-bond acceptors (Lipinski definition) is 4. The molecule has 1 atom stereocenters. The Balaban J connectivity index is 0.00000450. The van der Waals surface area contributed by atoms with Crippen molar-refractivity contribution in [1.29, 1.82) is 0 Å². The highest BCUT2D eigenvalue weighted by atomic mass is 127. The number of hydrogen-bond donors (Lipinski definition) is 2. The largest absolute Gasteiger partial charge is 0.493 e. The fraction of sp³-hybridized carbons (Fsp3) is 0.435. The number of halogens is 1. The Morgan fingerprint density at radius 1 is 1.03 bits per heavy atom. The molecule has 0 amide bonds. The van der Waals surface area contributed by atoms with Gasteiger partial charge in [0.2, 0.25) is 0 Å². The molecule has 0 heterocycles. The van der Waals surface area contributed by atoms with E-state index in [4.69, 9.17) is 14.2 Å². The van der Waals surface area contributed by atoms with Gasteiger partial charge in [0, 0.05) is 20.1 Å². The van der Waals surface area contributed by atoms with E-state index >= 15 is 0 Å². The molecule has 2 N–H and O–H groups in total. The van der Waals surface area contributed by atoms with Gasteiger partial charge in [0.25, 0.3) is 0 Å². The average molecular weight is 527 g/mol. The minimum absolute atomic E-state index is 0. The number of benzene rings is 2. The molecule has 0 saturated heterocycles. The zero-order chi connectivity index (χ0) is 20.9. The van der Waals surface area contributed by atoms with E-state index in [0.29, 0.717) is 32.3 Å². The Labute approximate surface area is 197 Å². The second-order valence-corrected chi connectivity index (χ2v) is 6.83. The Morgan fingerprint density at radius 3 is 2.47 bits per heavy atom. The summed E-state index contributed by atoms with van der Waals surface area (Å²) in [5, 5.41) is 6.68. The lowest BCUT2D eigenvalue weighted by Gasteiger charge is -2.17. The van der Waals surface area contributed by atoms with Gasteiger partial charge in [-0.15, -0.1) is 24.0 Å². The molecule has 7 heteroatoms. The number of aliphatic imine (C=N–C) groups is 1. The minimum atomic E-state index is 0. The predicted octanol–water partition coefficient (Wildman–Crippen LogP) is 4.23. The van der Waals surface area contributed by atoms with Crippen LogP contribution in [0.4, 0.5) is 0 Å². The summed E-state index contributed by atoms with van der Waals surface area (Å²) in [5.41, 5.74) is 2.28. The normalized spacial score (nSPS) is 11.9. The van der Waals surface area contributed by atoms with E-state index in [1.54, 1.807) is 14.2 Å². The standard InChI is InChI=1S/C23H33N3O3.HI/c1-5-29-22-13-20(11-12-21(22)27-4)15-26-23(24-3)25-14-18(2)16-28-17-19-9-7-6-8-10-19;/h6-13,18H,5,14-17H2,1-4H3,(H2,24,25,26);1H. The number of nitrogens with one attached hydrogen (secondary N) is 2. The van der Waals surface area contributed by atoms with Crippen LogP contribution >= 0.6 is 24.0 Å². The second kappa shape index (κ2) is 14.9. The minimum Gasteiger partial charge on any atom is -0.493 e. The first-order valence-corrected chi connectivity index (χ1v) is 10.0. The SMILES string of the molecule is CCOc1cc(CNC(=NC)NCC(C)COCc2ccccc2)ccc1OC.I. The van der Waals surface area contributed by atoms with Crippen molar-refractivity contribution in [2.45, 2.75) is 27.0 Å². The third kappa shape index (κ3) is 9.21. The summed E-state index contributed by atoms with van der Waals surface area (Å²) in [6.45, 7) is 7.46. The van der Waals surface area contributed by atoms with E-state index in [1.807, 2.05) is 43.3 Å². The highest BCUT2D eigenvalue weighted by molar-refractivity contribution is 14.0. The van der Waals surface area contributed by atoms with Crippen molar-refractivity contribution in [1.82, 2.24) is 10.6 Å². The van der Waals surface area contributed by atoms with E-state index in [2.05, 4.69) is 34.7 Å². The molecular formula is C23H34IN3O3. The van der Waals surface area contributed by atoms with Gasteiger partial charge in [0.15, 0.2) is 17.5 Å². The van der Waals surface area contributed by atoms with Crippen LogP contribution in [0.3, 0.4) is 0 Å². The number of guanidine groups is 1. The van der Waals surface area contributed by atoms with Gasteiger partial charge in [-0.3, -0.25) is 4.99 Å². The van der Waals surface area contributed by atoms with Crippen LogP contribution in [0.1, 0.15) is 25.0 Å². The molecule has 2 rings (SSSR count). The lowest BCUT2D eigenvalue weighted by molar-refractivity contribution is 0.0931. The molecule has 0 fully saturated rings. The van der Waals surface area contributed by atoms with Crippen molar-refractivity contribution in [3.8, 4) is 11.5 Å². The monoisotopic (exact) mass is 527 g/mol. The van der Waals surface area contributed by atoms with Gasteiger partial charge in [0.1, 0.15) is 0 Å². The maximum atomic E-state index is 5.81. The van der Waals surface area contributed by atoms with Gasteiger partial charge in [-0.05, 0) is 36.1 Å². The Hall–Kier alpha value is -2.00. The molecule has 0 aliphatic heterocycles. The topological polar surface area (TPSA) is 64.1 Å². The molecule has 166 valence electrons. The van der Waals surface area contributed by atoms with Crippen LogP contribution in [0.15, 0.2) is 53.5 Å². The molecule has 1 unspecified atom stereocenters. The summed E-state index contributed by atoms with van der Waals surface area (Å²) in [6, 6.07) is 16.1. The van der Waals surface area contributed by atoms with E-state index in [1.165, 1.54) is 5.56 Å². The molecule has 2 aromatic rings. The summed E-state index contributed by atoms with van der Waals surface area (Å²) in [5.74, 6) is 2.61. The van der Waals surface area contributed by atoms with Gasteiger partial charge in [-0.2, -0.15) is 0 Å². The quantitative estimate of drug-likeness (QED) is 0.260. The van der Waals surface area contributed by atoms with Crippen LogP contribution in [-0.4, -0.2) is 39.9 Å². The van der Waals surface area contributed by atoms with Crippen molar-refractivity contribution in [2.24, 2.45) is 10.9 Å². The average Bonchev–Trinajstić information content (AvgIpc) is 2.75. The van der Waals surface area contributed by atoms with E-state index in [0.717, 1.165) is 29.6 Å². The zero-order valence-electron chi connectivity index (χ0n) is 18.3. The third-order valence-electron chi connectivity index (χ3n) is 4.34. The lowest BCUT2D eigenvalue weighted by atomic mass is 10.2. The first-order chi connectivity index (χ1) is 14.2. The lowest BCUT2D eigenvalue weighted by Crippen LogP contribution is -2.39. The van der Waals surface area contributed by atoms with Gasteiger partial charge >= 0.3 is 0 Å². The van der Waals surface area contributed by atoms with E-state index < -0.39 is 0 Å². The smallest absolute Gasteiger partial charge is 0.191 e. The Bertz CT molecular complexity index is 757. The summed E-state index contributed by atoms with van der Waals surface area (Å²) in [4.78, 5) is 4.29. The third-order valence-corrected chi connectivity index (χ3v) is 4.34. The Kier molecular flexibility index (Phi) is 12.9. The summed E-state index contributed by atoms with van der Waals surface area (Å²) in [7, 11) is 3.41. The molecule has 2 aromatic carbocycles. The van der Waals surface area contributed by atoms with Gasteiger partial charge < -0.3 is 24.8 Å². The van der Waals surface area contributed by atoms with E-state index in [-0.39, 0.29) is 24.0 Å². The first-order valence-electron chi connectivity index (χ1n) is 10.0. The maximum Gasteiger partial charge on any atom is 0.191 e. The second-order valence-electron chi connectivity index (χ2n) is 6.83. The van der Waals surface area contributed by atoms with Crippen LogP contribution in [0.5, 0.6) is 11.5 Å². The van der Waals surface area contributed by atoms with Crippen molar-refractivity contribution >= 4 is 29.9 Å². The van der Waals surface area contributed by atoms with Crippen LogP contribution in [-0.2, 0) is 17.9 Å². The fourth-order valence-corrected chi connectivity index (χ4v) is 2.79. The molecule has 0 aromatic heterocycles. The summed E-state index contributed by atoms with van der Waals surface area (Å²) >= 11 is 0. The fourth-order valence-electron chi connectivity index (χ4n) is 2.79. The summed E-state index contributed by atoms with van der Waals surface area (Å²) in [6.07, 6.45) is 0. The maximum absolute atomic E-state index is 5.81. The molecular weight excluding hydrogens is 493 g/mol. The van der Waals surface area contributed by atoms with Gasteiger partial charge in [-0.1, -0.05) is 43.3 Å². The van der Waals surface area contributed by atoms with Gasteiger partial charge in [0.05, 0.1) is 26.9 Å². The zero-order valence-corrected chi connectivity index (χ0v) is 20.6. The molecule has 0 aliphatic carbocycles. The highest BCUT2D eigenvalue weighted by Crippen LogP contribution is 2.27. The molecule has 30 heavy (non-hydrogen) atoms.